The number of rotatable bonds is 0. The molecule has 0 aromatic heterocycles. The Hall–Kier alpha value is -1.22. The lowest BCUT2D eigenvalue weighted by molar-refractivity contribution is 0.473. The van der Waals surface area contributed by atoms with Crippen molar-refractivity contribution in [1.29, 1.82) is 0 Å². The lowest BCUT2D eigenvalue weighted by atomic mass is 10.0. The zero-order valence-corrected chi connectivity index (χ0v) is 7.84. The monoisotopic (exact) mass is 196 g/mol. The summed E-state index contributed by atoms with van der Waals surface area (Å²) in [6, 6.07) is 5.10. The molecule has 2 rings (SSSR count). The van der Waals surface area contributed by atoms with Crippen molar-refractivity contribution in [3.8, 4) is 5.75 Å². The van der Waals surface area contributed by atoms with Gasteiger partial charge in [0.25, 0.3) is 0 Å². The standard InChI is InChI=1S/C9H9ClN2O/c1-5-7-3-2-6(13)4-8(7)9(10)12-11-5/h2-4,9,12-13H,1H3. The van der Waals surface area contributed by atoms with Crippen LogP contribution in [-0.2, 0) is 0 Å². The molecule has 0 saturated carbocycles. The van der Waals surface area contributed by atoms with Crippen LogP contribution in [0.15, 0.2) is 23.3 Å². The van der Waals surface area contributed by atoms with Crippen molar-refractivity contribution in [2.45, 2.75) is 12.4 Å². The third kappa shape index (κ3) is 1.35. The number of nitrogens with zero attached hydrogens (tertiary/aromatic N) is 1. The van der Waals surface area contributed by atoms with Crippen LogP contribution in [0.25, 0.3) is 0 Å². The fourth-order valence-corrected chi connectivity index (χ4v) is 1.60. The molecule has 0 aliphatic carbocycles. The van der Waals surface area contributed by atoms with Crippen LogP contribution in [0.1, 0.15) is 23.6 Å². The van der Waals surface area contributed by atoms with Crippen molar-refractivity contribution >= 4 is 17.3 Å². The second-order valence-electron chi connectivity index (χ2n) is 2.96. The van der Waals surface area contributed by atoms with Crippen molar-refractivity contribution in [3.05, 3.63) is 29.3 Å². The second-order valence-corrected chi connectivity index (χ2v) is 3.40. The molecule has 1 aliphatic heterocycles. The molecule has 0 amide bonds. The van der Waals surface area contributed by atoms with E-state index in [1.54, 1.807) is 12.1 Å². The maximum atomic E-state index is 9.27. The van der Waals surface area contributed by atoms with Crippen LogP contribution in [-0.4, -0.2) is 10.8 Å². The molecular formula is C9H9ClN2O. The number of phenolic OH excluding ortho intramolecular Hbond substituents is 1. The summed E-state index contributed by atoms with van der Waals surface area (Å²) in [7, 11) is 0. The predicted octanol–water partition coefficient (Wildman–Crippen LogP) is 1.96. The summed E-state index contributed by atoms with van der Waals surface area (Å²) in [6.45, 7) is 1.89. The van der Waals surface area contributed by atoms with Gasteiger partial charge < -0.3 is 5.11 Å². The molecule has 0 spiro atoms. The minimum absolute atomic E-state index is 0.223. The van der Waals surface area contributed by atoms with Crippen LogP contribution < -0.4 is 5.43 Å². The Morgan fingerprint density at radius 2 is 2.31 bits per heavy atom. The van der Waals surface area contributed by atoms with Crippen molar-refractivity contribution in [2.75, 3.05) is 0 Å². The van der Waals surface area contributed by atoms with Gasteiger partial charge in [-0.2, -0.15) is 5.10 Å². The first-order valence-corrected chi connectivity index (χ1v) is 4.39. The summed E-state index contributed by atoms with van der Waals surface area (Å²) in [5.41, 5.74) is 5.14. The molecule has 0 fully saturated rings. The Kier molecular flexibility index (Phi) is 1.88. The summed E-state index contributed by atoms with van der Waals surface area (Å²) in [6.07, 6.45) is 0. The molecule has 68 valence electrons. The van der Waals surface area contributed by atoms with E-state index in [9.17, 15) is 5.11 Å². The Bertz CT molecular complexity index is 376. The summed E-state index contributed by atoms with van der Waals surface area (Å²) < 4.78 is 0. The van der Waals surface area contributed by atoms with E-state index in [1.165, 1.54) is 0 Å². The molecule has 1 aromatic rings. The number of hydrogen-bond donors (Lipinski definition) is 2. The molecule has 1 aromatic carbocycles. The zero-order chi connectivity index (χ0) is 9.42. The predicted molar refractivity (Wildman–Crippen MR) is 52.0 cm³/mol. The van der Waals surface area contributed by atoms with Gasteiger partial charge in [0.05, 0.1) is 5.71 Å². The number of hydrogen-bond acceptors (Lipinski definition) is 3. The van der Waals surface area contributed by atoms with Crippen molar-refractivity contribution in [2.24, 2.45) is 5.10 Å². The number of halogens is 1. The molecule has 1 atom stereocenters. The van der Waals surface area contributed by atoms with E-state index < -0.39 is 0 Å². The molecule has 1 unspecified atom stereocenters. The van der Waals surface area contributed by atoms with Gasteiger partial charge in [0.2, 0.25) is 0 Å². The van der Waals surface area contributed by atoms with Gasteiger partial charge in [-0.05, 0) is 25.1 Å². The molecule has 0 radical (unpaired) electrons. The van der Waals surface area contributed by atoms with Gasteiger partial charge in [-0.3, -0.25) is 5.43 Å². The number of alkyl halides is 1. The smallest absolute Gasteiger partial charge is 0.143 e. The molecule has 13 heavy (non-hydrogen) atoms. The Balaban J connectivity index is 2.59. The van der Waals surface area contributed by atoms with E-state index in [1.807, 2.05) is 13.0 Å². The van der Waals surface area contributed by atoms with Gasteiger partial charge in [0.1, 0.15) is 11.3 Å². The average Bonchev–Trinajstić information content (AvgIpc) is 2.12. The molecule has 3 nitrogen and oxygen atoms in total. The van der Waals surface area contributed by atoms with Crippen LogP contribution in [0, 0.1) is 0 Å². The largest absolute Gasteiger partial charge is 0.508 e. The SMILES string of the molecule is CC1=NNC(Cl)c2cc(O)ccc21. The van der Waals surface area contributed by atoms with Crippen LogP contribution >= 0.6 is 11.6 Å². The normalized spacial score (nSPS) is 20.2. The lowest BCUT2D eigenvalue weighted by Gasteiger charge is -2.20. The van der Waals surface area contributed by atoms with E-state index in [2.05, 4.69) is 10.5 Å². The summed E-state index contributed by atoms with van der Waals surface area (Å²) >= 11 is 5.96. The van der Waals surface area contributed by atoms with Gasteiger partial charge in [-0.25, -0.2) is 0 Å². The number of fused-ring (bicyclic) bond motifs is 1. The summed E-state index contributed by atoms with van der Waals surface area (Å²) in [5.74, 6) is 0.223. The first-order chi connectivity index (χ1) is 6.18. The third-order valence-electron chi connectivity index (χ3n) is 2.04. The molecule has 0 saturated heterocycles. The van der Waals surface area contributed by atoms with Crippen LogP contribution in [0.5, 0.6) is 5.75 Å². The minimum atomic E-state index is -0.356. The quantitative estimate of drug-likeness (QED) is 0.492. The van der Waals surface area contributed by atoms with Gasteiger partial charge in [-0.1, -0.05) is 11.6 Å². The fraction of sp³-hybridized carbons (Fsp3) is 0.222. The van der Waals surface area contributed by atoms with E-state index in [0.717, 1.165) is 16.8 Å². The van der Waals surface area contributed by atoms with Crippen molar-refractivity contribution in [3.63, 3.8) is 0 Å². The van der Waals surface area contributed by atoms with Gasteiger partial charge in [0, 0.05) is 11.1 Å². The number of phenols is 1. The second kappa shape index (κ2) is 2.92. The van der Waals surface area contributed by atoms with E-state index in [-0.39, 0.29) is 11.3 Å². The molecular weight excluding hydrogens is 188 g/mol. The molecule has 0 bridgehead atoms. The number of nitrogens with one attached hydrogen (secondary N) is 1. The van der Waals surface area contributed by atoms with E-state index >= 15 is 0 Å². The minimum Gasteiger partial charge on any atom is -0.508 e. The van der Waals surface area contributed by atoms with Crippen molar-refractivity contribution in [1.82, 2.24) is 5.43 Å². The van der Waals surface area contributed by atoms with E-state index in [4.69, 9.17) is 11.6 Å². The maximum Gasteiger partial charge on any atom is 0.143 e. The number of benzene rings is 1. The first kappa shape index (κ1) is 8.38. The number of hydrazone groups is 1. The molecule has 2 N–H and O–H groups in total. The van der Waals surface area contributed by atoms with Crippen LogP contribution in [0.3, 0.4) is 0 Å². The van der Waals surface area contributed by atoms with Crippen LogP contribution in [0.2, 0.25) is 0 Å². The Morgan fingerprint density at radius 3 is 3.08 bits per heavy atom. The highest BCUT2D eigenvalue weighted by Gasteiger charge is 2.18. The Labute approximate surface area is 81.0 Å². The highest BCUT2D eigenvalue weighted by atomic mass is 35.5. The maximum absolute atomic E-state index is 9.27. The number of aromatic hydroxyl groups is 1. The average molecular weight is 197 g/mol. The summed E-state index contributed by atoms with van der Waals surface area (Å²) in [4.78, 5) is 0. The topological polar surface area (TPSA) is 44.6 Å². The molecule has 1 aliphatic rings. The molecule has 1 heterocycles. The lowest BCUT2D eigenvalue weighted by Crippen LogP contribution is -2.20. The third-order valence-corrected chi connectivity index (χ3v) is 2.38. The highest BCUT2D eigenvalue weighted by molar-refractivity contribution is 6.22. The zero-order valence-electron chi connectivity index (χ0n) is 7.08. The highest BCUT2D eigenvalue weighted by Crippen LogP contribution is 2.28. The van der Waals surface area contributed by atoms with Crippen LogP contribution in [0.4, 0.5) is 0 Å². The van der Waals surface area contributed by atoms with Crippen molar-refractivity contribution < 1.29 is 5.11 Å². The van der Waals surface area contributed by atoms with Gasteiger partial charge in [-0.15, -0.1) is 0 Å². The van der Waals surface area contributed by atoms with Gasteiger partial charge in [0.15, 0.2) is 0 Å². The molecule has 4 heteroatoms. The van der Waals surface area contributed by atoms with E-state index in [0.29, 0.717) is 0 Å². The van der Waals surface area contributed by atoms with Gasteiger partial charge >= 0.3 is 0 Å². The summed E-state index contributed by atoms with van der Waals surface area (Å²) in [5, 5.41) is 13.3. The Morgan fingerprint density at radius 1 is 1.54 bits per heavy atom. The first-order valence-electron chi connectivity index (χ1n) is 3.95. The fourth-order valence-electron chi connectivity index (χ4n) is 1.37.